The Morgan fingerprint density at radius 2 is 1.90 bits per heavy atom. The van der Waals surface area contributed by atoms with Crippen LogP contribution in [-0.2, 0) is 34.7 Å². The molecule has 3 N–H and O–H groups in total. The van der Waals surface area contributed by atoms with Crippen LogP contribution in [0.15, 0.2) is 72.9 Å². The van der Waals surface area contributed by atoms with Crippen molar-refractivity contribution < 1.29 is 42.5 Å². The van der Waals surface area contributed by atoms with Gasteiger partial charge in [0.1, 0.15) is 37.5 Å². The highest BCUT2D eigenvalue weighted by molar-refractivity contribution is 7.52. The Morgan fingerprint density at radius 1 is 1.20 bits per heavy atom. The minimum Gasteiger partial charge on any atom is -0.460 e. The molecule has 13 heteroatoms. The van der Waals surface area contributed by atoms with E-state index in [1.165, 1.54) is 18.0 Å². The summed E-state index contributed by atoms with van der Waals surface area (Å²) in [7, 11) is -4.19. The zero-order valence-corrected chi connectivity index (χ0v) is 23.1. The van der Waals surface area contributed by atoms with Gasteiger partial charge in [0, 0.05) is 12.1 Å². The molecule has 216 valence electrons. The molecule has 2 aliphatic heterocycles. The van der Waals surface area contributed by atoms with Crippen LogP contribution in [0.5, 0.6) is 5.75 Å². The second-order valence-electron chi connectivity index (χ2n) is 9.35. The highest BCUT2D eigenvalue weighted by Crippen LogP contribution is 2.46. The predicted molar refractivity (Wildman–Crippen MR) is 144 cm³/mol. The third-order valence-corrected chi connectivity index (χ3v) is 7.95. The lowest BCUT2D eigenvalue weighted by Crippen LogP contribution is -2.47. The Bertz CT molecular complexity index is 1200. The molecule has 1 fully saturated rings. The van der Waals surface area contributed by atoms with Crippen LogP contribution < -0.4 is 14.9 Å². The topological polar surface area (TPSA) is 145 Å². The molecule has 1 saturated heterocycles. The number of rotatable bonds is 11. The summed E-state index contributed by atoms with van der Waals surface area (Å²) in [5.41, 5.74) is 0.801. The van der Waals surface area contributed by atoms with E-state index in [-0.39, 0.29) is 25.7 Å². The van der Waals surface area contributed by atoms with Crippen molar-refractivity contribution in [2.24, 2.45) is 5.92 Å². The molecule has 6 unspecified atom stereocenters. The fourth-order valence-electron chi connectivity index (χ4n) is 4.13. The zero-order chi connectivity index (χ0) is 28.5. The fourth-order valence-corrected chi connectivity index (χ4v) is 5.63. The smallest absolute Gasteiger partial charge is 0.459 e. The Balaban J connectivity index is 1.42. The first-order valence-electron chi connectivity index (χ1n) is 12.9. The largest absolute Gasteiger partial charge is 0.460 e. The van der Waals surface area contributed by atoms with Crippen molar-refractivity contribution in [3.05, 3.63) is 78.5 Å². The van der Waals surface area contributed by atoms with Gasteiger partial charge in [0.2, 0.25) is 0 Å². The molecule has 12 nitrogen and oxygen atoms in total. The van der Waals surface area contributed by atoms with Gasteiger partial charge in [0.25, 0.3) is 0 Å². The fraction of sp³-hybridized carbons (Fsp3) is 0.407. The van der Waals surface area contributed by atoms with E-state index in [9.17, 15) is 19.3 Å². The van der Waals surface area contributed by atoms with E-state index in [1.54, 1.807) is 43.3 Å². The Morgan fingerprint density at radius 3 is 2.62 bits per heavy atom. The predicted octanol–water partition coefficient (Wildman–Crippen LogP) is 3.15. The summed E-state index contributed by atoms with van der Waals surface area (Å²) in [6, 6.07) is 16.0. The third kappa shape index (κ3) is 7.91. The minimum absolute atomic E-state index is 0.0352. The zero-order valence-electron chi connectivity index (χ0n) is 22.3. The van der Waals surface area contributed by atoms with Crippen molar-refractivity contribution in [1.82, 2.24) is 15.3 Å². The average molecular weight is 576 g/mol. The van der Waals surface area contributed by atoms with Gasteiger partial charge in [0.05, 0.1) is 19.3 Å². The molecule has 2 heterocycles. The molecular formula is C27H34N3O9P. The highest BCUT2D eigenvalue weighted by atomic mass is 31.2. The molecule has 6 atom stereocenters. The van der Waals surface area contributed by atoms with E-state index in [1.807, 2.05) is 30.3 Å². The summed E-state index contributed by atoms with van der Waals surface area (Å²) in [5.74, 6) is -0.917. The second kappa shape index (κ2) is 13.9. The number of aliphatic hydroxyl groups is 1. The van der Waals surface area contributed by atoms with Crippen LogP contribution in [-0.4, -0.2) is 66.4 Å². The number of amides is 2. The van der Waals surface area contributed by atoms with Crippen LogP contribution in [0.25, 0.3) is 0 Å². The number of esters is 1. The minimum atomic E-state index is -4.19. The van der Waals surface area contributed by atoms with Crippen LogP contribution >= 0.6 is 7.75 Å². The monoisotopic (exact) mass is 575 g/mol. The molecule has 4 rings (SSSR count). The van der Waals surface area contributed by atoms with Gasteiger partial charge in [-0.3, -0.25) is 14.2 Å². The molecule has 0 spiro atoms. The highest BCUT2D eigenvalue weighted by Gasteiger charge is 2.46. The van der Waals surface area contributed by atoms with Gasteiger partial charge in [0.15, 0.2) is 0 Å². The average Bonchev–Trinajstić information content (AvgIpc) is 3.22. The van der Waals surface area contributed by atoms with Gasteiger partial charge in [-0.2, -0.15) is 5.09 Å². The molecule has 2 amide bonds. The Hall–Kier alpha value is -3.25. The lowest BCUT2D eigenvalue weighted by Gasteiger charge is -2.29. The number of hydrogen-bond acceptors (Lipinski definition) is 9. The lowest BCUT2D eigenvalue weighted by molar-refractivity contribution is -0.146. The molecule has 0 aliphatic carbocycles. The normalized spacial score (nSPS) is 25.3. The van der Waals surface area contributed by atoms with Crippen molar-refractivity contribution in [1.29, 1.82) is 0 Å². The van der Waals surface area contributed by atoms with Gasteiger partial charge in [-0.25, -0.2) is 9.36 Å². The Kier molecular flexibility index (Phi) is 10.3. The van der Waals surface area contributed by atoms with Crippen molar-refractivity contribution in [2.75, 3.05) is 19.9 Å². The maximum atomic E-state index is 13.8. The number of urea groups is 1. The number of benzene rings is 2. The SMILES string of the molecule is CC(NP(=O)(OCC1OC(N2C=CCOCNC2=O)C(C)C1O)Oc1ccccc1)C(=O)OCc1ccccc1. The van der Waals surface area contributed by atoms with Crippen LogP contribution in [0.4, 0.5) is 4.79 Å². The van der Waals surface area contributed by atoms with Crippen molar-refractivity contribution >= 4 is 19.7 Å². The number of hydrogen-bond donors (Lipinski definition) is 3. The van der Waals surface area contributed by atoms with E-state index in [0.29, 0.717) is 6.61 Å². The summed E-state index contributed by atoms with van der Waals surface area (Å²) >= 11 is 0. The number of nitrogens with one attached hydrogen (secondary N) is 2. The molecule has 0 bridgehead atoms. The number of carbonyl (C=O) groups excluding carboxylic acids is 2. The lowest BCUT2D eigenvalue weighted by atomic mass is 10.0. The summed E-state index contributed by atoms with van der Waals surface area (Å²) in [5, 5.41) is 16.1. The molecule has 2 aromatic rings. The number of carbonyl (C=O) groups is 2. The van der Waals surface area contributed by atoms with E-state index in [0.717, 1.165) is 5.56 Å². The van der Waals surface area contributed by atoms with Crippen LogP contribution in [0, 0.1) is 5.92 Å². The summed E-state index contributed by atoms with van der Waals surface area (Å²) in [4.78, 5) is 26.5. The number of aliphatic hydroxyl groups excluding tert-OH is 1. The van der Waals surface area contributed by atoms with Gasteiger partial charge < -0.3 is 29.2 Å². The molecular weight excluding hydrogens is 541 g/mol. The molecule has 0 aromatic heterocycles. The summed E-state index contributed by atoms with van der Waals surface area (Å²) < 4.78 is 41.7. The molecule has 2 aliphatic rings. The van der Waals surface area contributed by atoms with Crippen molar-refractivity contribution in [3.8, 4) is 5.75 Å². The summed E-state index contributed by atoms with van der Waals surface area (Å²) in [6.45, 7) is 3.23. The summed E-state index contributed by atoms with van der Waals surface area (Å²) in [6.07, 6.45) is 0.380. The standard InChI is InChI=1S/C27H34N3O9P/c1-19-24(31)23(38-25(19)30-14-9-15-35-18-28-27(30)33)17-37-40(34,39-22-12-7-4-8-13-22)29-20(2)26(32)36-16-21-10-5-3-6-11-21/h3-14,19-20,23-25,31H,15-18H2,1-2H3,(H,28,33)(H,29,34). The maximum absolute atomic E-state index is 13.8. The maximum Gasteiger partial charge on any atom is 0.459 e. The third-order valence-electron chi connectivity index (χ3n) is 6.30. The first-order chi connectivity index (χ1) is 19.3. The van der Waals surface area contributed by atoms with Crippen molar-refractivity contribution in [3.63, 3.8) is 0 Å². The van der Waals surface area contributed by atoms with E-state index < -0.39 is 50.1 Å². The van der Waals surface area contributed by atoms with Crippen LogP contribution in [0.3, 0.4) is 0 Å². The van der Waals surface area contributed by atoms with E-state index >= 15 is 0 Å². The van der Waals surface area contributed by atoms with E-state index in [2.05, 4.69) is 10.4 Å². The number of ether oxygens (including phenoxy) is 3. The number of para-hydroxylation sites is 1. The van der Waals surface area contributed by atoms with Crippen LogP contribution in [0.2, 0.25) is 0 Å². The quantitative estimate of drug-likeness (QED) is 0.270. The van der Waals surface area contributed by atoms with Crippen molar-refractivity contribution in [2.45, 2.75) is 44.9 Å². The van der Waals surface area contributed by atoms with Gasteiger partial charge >= 0.3 is 19.7 Å². The van der Waals surface area contributed by atoms with E-state index in [4.69, 9.17) is 23.3 Å². The molecule has 0 radical (unpaired) electrons. The molecule has 2 aromatic carbocycles. The first kappa shape index (κ1) is 29.7. The first-order valence-corrected chi connectivity index (χ1v) is 14.4. The van der Waals surface area contributed by atoms with Gasteiger partial charge in [-0.1, -0.05) is 55.5 Å². The van der Waals surface area contributed by atoms with Gasteiger partial charge in [-0.05, 0) is 30.7 Å². The molecule has 0 saturated carbocycles. The second-order valence-corrected chi connectivity index (χ2v) is 11.0. The van der Waals surface area contributed by atoms with Crippen LogP contribution in [0.1, 0.15) is 19.4 Å². The van der Waals surface area contributed by atoms with Gasteiger partial charge in [-0.15, -0.1) is 0 Å². The number of nitrogens with zero attached hydrogens (tertiary/aromatic N) is 1. The molecule has 40 heavy (non-hydrogen) atoms. The Labute approximate surface area is 232 Å².